The molecule has 72 valence electrons. The maximum absolute atomic E-state index is 9.59. The second-order valence-corrected chi connectivity index (χ2v) is 2.17. The van der Waals surface area contributed by atoms with Crippen LogP contribution in [0.4, 0.5) is 0 Å². The van der Waals surface area contributed by atoms with Gasteiger partial charge in [-0.25, -0.2) is 0 Å². The molecule has 1 N–H and O–H groups in total. The number of carbonyl (C=O) groups excluding carboxylic acids is 1. The summed E-state index contributed by atoms with van der Waals surface area (Å²) in [5, 5.41) is 2.38. The van der Waals surface area contributed by atoms with Gasteiger partial charge >= 0.3 is 0 Å². The summed E-state index contributed by atoms with van der Waals surface area (Å²) < 4.78 is 5.09. The molecule has 3 nitrogen and oxygen atoms in total. The van der Waals surface area contributed by atoms with Crippen LogP contribution in [-0.4, -0.2) is 31.9 Å². The first-order valence-corrected chi connectivity index (χ1v) is 3.83. The van der Waals surface area contributed by atoms with Crippen molar-refractivity contribution in [2.45, 2.75) is 6.42 Å². The van der Waals surface area contributed by atoms with Crippen molar-refractivity contribution in [3.63, 3.8) is 0 Å². The minimum atomic E-state index is 0. The van der Waals surface area contributed by atoms with Crippen LogP contribution in [0.3, 0.4) is 0 Å². The van der Waals surface area contributed by atoms with Crippen molar-refractivity contribution in [3.8, 4) is 0 Å². The Balaban J connectivity index is -0.000000405. The average molecular weight is 530 g/mol. The molecule has 0 aromatic heterocycles. The van der Waals surface area contributed by atoms with Gasteiger partial charge in [0.25, 0.3) is 0 Å². The standard InChI is InChI=1S/C6H12NO2S.2W/c8-6-7-2-4-9-3-1-5-10;;/h10H,1-5H2,(H,7,8);;/q-1;;. The van der Waals surface area contributed by atoms with Crippen LogP contribution >= 0.6 is 12.6 Å². The molecule has 0 saturated carbocycles. The van der Waals surface area contributed by atoms with Crippen LogP contribution in [0.2, 0.25) is 0 Å². The van der Waals surface area contributed by atoms with E-state index in [-0.39, 0.29) is 42.1 Å². The van der Waals surface area contributed by atoms with Crippen molar-refractivity contribution < 1.29 is 51.7 Å². The summed E-state index contributed by atoms with van der Waals surface area (Å²) in [6.07, 6.45) is 2.52. The molecule has 1 amide bonds. The molecular weight excluding hydrogens is 518 g/mol. The quantitative estimate of drug-likeness (QED) is 0.211. The molecule has 0 aromatic rings. The van der Waals surface area contributed by atoms with E-state index in [0.29, 0.717) is 19.8 Å². The molecule has 0 rings (SSSR count). The predicted octanol–water partition coefficient (Wildman–Crippen LogP) is -0.0253. The summed E-state index contributed by atoms with van der Waals surface area (Å²) in [6, 6.07) is 0. The monoisotopic (exact) mass is 530 g/mol. The van der Waals surface area contributed by atoms with Crippen LogP contribution < -0.4 is 5.32 Å². The van der Waals surface area contributed by atoms with E-state index in [9.17, 15) is 4.79 Å². The van der Waals surface area contributed by atoms with Crippen LogP contribution in [0.25, 0.3) is 0 Å². The summed E-state index contributed by atoms with van der Waals surface area (Å²) in [6.45, 7) is 1.81. The molecule has 0 fully saturated rings. The minimum absolute atomic E-state index is 0. The molecule has 0 saturated heterocycles. The van der Waals surface area contributed by atoms with Crippen LogP contribution in [0, 0.1) is 0 Å². The molecule has 12 heavy (non-hydrogen) atoms. The maximum Gasteiger partial charge on any atom is 0.0614 e. The molecule has 0 unspecified atom stereocenters. The molecule has 0 bridgehead atoms. The fraction of sp³-hybridized carbons (Fsp3) is 0.833. The van der Waals surface area contributed by atoms with Gasteiger partial charge in [-0.05, 0) is 12.2 Å². The molecule has 0 aliphatic carbocycles. The Morgan fingerprint density at radius 2 is 2.00 bits per heavy atom. The first-order valence-electron chi connectivity index (χ1n) is 3.20. The molecule has 0 atom stereocenters. The van der Waals surface area contributed by atoms with Crippen LogP contribution in [0.5, 0.6) is 0 Å². The van der Waals surface area contributed by atoms with Crippen molar-refractivity contribution >= 4 is 19.0 Å². The zero-order valence-corrected chi connectivity index (χ0v) is 13.4. The molecular formula is C6H12NO2SW2-. The third kappa shape index (κ3) is 17.3. The fourth-order valence-corrected chi connectivity index (χ4v) is 0.572. The second kappa shape index (κ2) is 18.0. The number of nitrogens with one attached hydrogen (secondary N) is 1. The van der Waals surface area contributed by atoms with Gasteiger partial charge < -0.3 is 14.8 Å². The van der Waals surface area contributed by atoms with Gasteiger partial charge in [-0.3, -0.25) is 0 Å². The van der Waals surface area contributed by atoms with Gasteiger partial charge in [-0.1, -0.05) is 0 Å². The molecule has 0 aliphatic heterocycles. The molecule has 6 heteroatoms. The Kier molecular flexibility index (Phi) is 28.3. The summed E-state index contributed by atoms with van der Waals surface area (Å²) in [7, 11) is 0. The third-order valence-electron chi connectivity index (χ3n) is 0.890. The average Bonchev–Trinajstić information content (AvgIpc) is 1.97. The van der Waals surface area contributed by atoms with Crippen LogP contribution in [-0.2, 0) is 51.7 Å². The molecule has 0 aromatic carbocycles. The molecule has 0 spiro atoms. The number of hydrogen-bond donors (Lipinski definition) is 2. The van der Waals surface area contributed by atoms with Gasteiger partial charge in [-0.2, -0.15) is 19.0 Å². The van der Waals surface area contributed by atoms with E-state index < -0.39 is 0 Å². The van der Waals surface area contributed by atoms with Gasteiger partial charge in [0, 0.05) is 55.3 Å². The first-order chi connectivity index (χ1) is 4.91. The number of thiol groups is 1. The minimum Gasteiger partial charge on any atom is -0.528 e. The van der Waals surface area contributed by atoms with E-state index >= 15 is 0 Å². The van der Waals surface area contributed by atoms with Gasteiger partial charge in [0.05, 0.1) is 6.61 Å². The Bertz CT molecular complexity index is 87.9. The number of ether oxygens (including phenoxy) is 1. The molecule has 0 radical (unpaired) electrons. The van der Waals surface area contributed by atoms with Crippen molar-refractivity contribution in [2.75, 3.05) is 25.5 Å². The van der Waals surface area contributed by atoms with Crippen molar-refractivity contribution in [1.82, 2.24) is 5.32 Å². The van der Waals surface area contributed by atoms with Crippen molar-refractivity contribution in [3.05, 3.63) is 0 Å². The zero-order valence-electron chi connectivity index (χ0n) is 6.62. The summed E-state index contributed by atoms with van der Waals surface area (Å²) in [4.78, 5) is 9.59. The summed E-state index contributed by atoms with van der Waals surface area (Å²) >= 11 is 4.01. The SMILES string of the molecule is O=[C-]NCCOCCCS.[W].[W]. The smallest absolute Gasteiger partial charge is 0.0614 e. The Morgan fingerprint density at radius 1 is 1.33 bits per heavy atom. The van der Waals surface area contributed by atoms with Gasteiger partial charge in [0.2, 0.25) is 0 Å². The largest absolute Gasteiger partial charge is 0.528 e. The zero-order chi connectivity index (χ0) is 7.66. The normalized spacial score (nSPS) is 7.75. The Hall–Kier alpha value is 1.16. The van der Waals surface area contributed by atoms with E-state index in [2.05, 4.69) is 17.9 Å². The number of rotatable bonds is 7. The fourth-order valence-electron chi connectivity index (χ4n) is 0.443. The van der Waals surface area contributed by atoms with Crippen molar-refractivity contribution in [1.29, 1.82) is 0 Å². The van der Waals surface area contributed by atoms with E-state index in [1.807, 2.05) is 0 Å². The summed E-state index contributed by atoms with van der Waals surface area (Å²) in [5.74, 6) is 0.841. The van der Waals surface area contributed by atoms with Crippen molar-refractivity contribution in [2.24, 2.45) is 0 Å². The predicted molar refractivity (Wildman–Crippen MR) is 43.0 cm³/mol. The van der Waals surface area contributed by atoms with E-state index in [1.165, 1.54) is 0 Å². The number of hydrogen-bond acceptors (Lipinski definition) is 3. The third-order valence-corrected chi connectivity index (χ3v) is 1.21. The Labute approximate surface area is 107 Å². The topological polar surface area (TPSA) is 38.3 Å². The van der Waals surface area contributed by atoms with E-state index in [1.54, 1.807) is 6.41 Å². The maximum atomic E-state index is 9.59. The van der Waals surface area contributed by atoms with Gasteiger partial charge in [0.15, 0.2) is 0 Å². The molecule has 0 aliphatic rings. The molecule has 0 heterocycles. The van der Waals surface area contributed by atoms with E-state index in [4.69, 9.17) is 4.74 Å². The van der Waals surface area contributed by atoms with E-state index in [0.717, 1.165) is 12.2 Å². The van der Waals surface area contributed by atoms with Gasteiger partial charge in [0.1, 0.15) is 0 Å². The second-order valence-electron chi connectivity index (χ2n) is 1.72. The Morgan fingerprint density at radius 3 is 2.50 bits per heavy atom. The first kappa shape index (κ1) is 18.8. The van der Waals surface area contributed by atoms with Crippen LogP contribution in [0.1, 0.15) is 6.42 Å². The summed E-state index contributed by atoms with van der Waals surface area (Å²) in [5.41, 5.74) is 0. The number of amides is 1. The van der Waals surface area contributed by atoms with Crippen LogP contribution in [0.15, 0.2) is 0 Å². The van der Waals surface area contributed by atoms with Gasteiger partial charge in [-0.15, -0.1) is 0 Å².